The molecule has 124 valence electrons. The monoisotopic (exact) mass is 314 g/mol. The van der Waals surface area contributed by atoms with E-state index >= 15 is 0 Å². The van der Waals surface area contributed by atoms with E-state index in [0.29, 0.717) is 17.9 Å². The lowest BCUT2D eigenvalue weighted by Gasteiger charge is -2.54. The second-order valence-corrected chi connectivity index (χ2v) is 8.14. The van der Waals surface area contributed by atoms with E-state index < -0.39 is 0 Å². The molecule has 3 rings (SSSR count). The lowest BCUT2D eigenvalue weighted by molar-refractivity contribution is 0.0367. The van der Waals surface area contributed by atoms with Gasteiger partial charge in [-0.25, -0.2) is 4.79 Å². The highest BCUT2D eigenvalue weighted by Gasteiger charge is 2.51. The molecular weight excluding hydrogens is 288 g/mol. The van der Waals surface area contributed by atoms with Gasteiger partial charge in [0.15, 0.2) is 5.78 Å². The van der Waals surface area contributed by atoms with Crippen molar-refractivity contribution < 1.29 is 14.3 Å². The van der Waals surface area contributed by atoms with Crippen LogP contribution in [-0.4, -0.2) is 18.9 Å². The van der Waals surface area contributed by atoms with Gasteiger partial charge in [-0.2, -0.15) is 0 Å². The Balaban J connectivity index is 2.19. The van der Waals surface area contributed by atoms with Crippen molar-refractivity contribution in [2.75, 3.05) is 7.11 Å². The Hall–Kier alpha value is -1.64. The van der Waals surface area contributed by atoms with Crippen molar-refractivity contribution in [1.82, 2.24) is 0 Å². The minimum atomic E-state index is -0.366. The van der Waals surface area contributed by atoms with E-state index in [-0.39, 0.29) is 22.6 Å². The number of aryl methyl sites for hydroxylation is 1. The normalized spacial score (nSPS) is 28.7. The van der Waals surface area contributed by atoms with Crippen molar-refractivity contribution >= 4 is 11.8 Å². The molecule has 0 spiro atoms. The van der Waals surface area contributed by atoms with Gasteiger partial charge in [-0.1, -0.05) is 33.3 Å². The van der Waals surface area contributed by atoms with Crippen LogP contribution in [0.25, 0.3) is 0 Å². The van der Waals surface area contributed by atoms with E-state index in [1.165, 1.54) is 20.0 Å². The maximum absolute atomic E-state index is 12.8. The number of ketones is 1. The Morgan fingerprint density at radius 2 is 1.91 bits per heavy atom. The van der Waals surface area contributed by atoms with Crippen LogP contribution in [0.1, 0.15) is 78.3 Å². The highest BCUT2D eigenvalue weighted by molar-refractivity contribution is 6.02. The fraction of sp³-hybridized carbons (Fsp3) is 0.600. The molecule has 0 aromatic heterocycles. The zero-order valence-electron chi connectivity index (χ0n) is 14.8. The summed E-state index contributed by atoms with van der Waals surface area (Å²) in [6.07, 6.45) is 4.05. The number of hydrogen-bond acceptors (Lipinski definition) is 3. The number of benzene rings is 1. The van der Waals surface area contributed by atoms with Crippen LogP contribution >= 0.6 is 0 Å². The number of Topliss-reactive ketones (excluding diaryl/α,β-unsaturated/α-hetero) is 1. The number of carbonyl (C=O) groups excluding carboxylic acids is 2. The summed E-state index contributed by atoms with van der Waals surface area (Å²) in [5.74, 6) is 0.170. The Morgan fingerprint density at radius 1 is 1.22 bits per heavy atom. The first-order valence-corrected chi connectivity index (χ1v) is 8.47. The average molecular weight is 314 g/mol. The number of fused-ring (bicyclic) bond motifs is 3. The second-order valence-electron chi connectivity index (χ2n) is 8.14. The lowest BCUT2D eigenvalue weighted by Crippen LogP contribution is -2.49. The van der Waals surface area contributed by atoms with Crippen LogP contribution in [0.3, 0.4) is 0 Å². The first-order chi connectivity index (χ1) is 10.7. The molecule has 1 aromatic carbocycles. The Labute approximate surface area is 138 Å². The summed E-state index contributed by atoms with van der Waals surface area (Å²) in [6.45, 7) is 8.82. The van der Waals surface area contributed by atoms with Gasteiger partial charge in [0.05, 0.1) is 12.7 Å². The van der Waals surface area contributed by atoms with Crippen molar-refractivity contribution in [3.05, 3.63) is 34.4 Å². The first-order valence-electron chi connectivity index (χ1n) is 8.47. The summed E-state index contributed by atoms with van der Waals surface area (Å²) in [5.41, 5.74) is 3.47. The third kappa shape index (κ3) is 2.32. The van der Waals surface area contributed by atoms with Crippen molar-refractivity contribution in [1.29, 1.82) is 0 Å². The van der Waals surface area contributed by atoms with E-state index in [9.17, 15) is 9.59 Å². The van der Waals surface area contributed by atoms with Gasteiger partial charge in [-0.05, 0) is 53.7 Å². The standard InChI is InChI=1S/C20H26O3/c1-12-9-15-14(10-13(12)18(22)23-5)16(21)11-17-19(2,3)7-6-8-20(15,17)4/h9-10,17H,6-8,11H2,1-5H3/t17-,20+/m0/s1. The van der Waals surface area contributed by atoms with Crippen LogP contribution in [0.5, 0.6) is 0 Å². The topological polar surface area (TPSA) is 43.4 Å². The van der Waals surface area contributed by atoms with Gasteiger partial charge in [0.25, 0.3) is 0 Å². The van der Waals surface area contributed by atoms with Gasteiger partial charge < -0.3 is 4.74 Å². The summed E-state index contributed by atoms with van der Waals surface area (Å²) in [7, 11) is 1.38. The minimum absolute atomic E-state index is 0.0183. The fourth-order valence-electron chi connectivity index (χ4n) is 4.98. The van der Waals surface area contributed by atoms with E-state index in [2.05, 4.69) is 26.8 Å². The molecule has 1 saturated carbocycles. The second kappa shape index (κ2) is 5.19. The molecule has 2 aliphatic rings. The predicted octanol–water partition coefficient (Wildman–Crippen LogP) is 4.45. The van der Waals surface area contributed by atoms with E-state index in [0.717, 1.165) is 23.1 Å². The van der Waals surface area contributed by atoms with Crippen LogP contribution in [-0.2, 0) is 10.2 Å². The van der Waals surface area contributed by atoms with E-state index in [1.807, 2.05) is 6.92 Å². The summed E-state index contributed by atoms with van der Waals surface area (Å²) < 4.78 is 4.86. The summed E-state index contributed by atoms with van der Waals surface area (Å²) >= 11 is 0. The van der Waals surface area contributed by atoms with E-state index in [1.54, 1.807) is 6.07 Å². The van der Waals surface area contributed by atoms with Gasteiger partial charge in [0, 0.05) is 12.0 Å². The van der Waals surface area contributed by atoms with Crippen molar-refractivity contribution in [3.8, 4) is 0 Å². The number of methoxy groups -OCH3 is 1. The molecule has 0 saturated heterocycles. The van der Waals surface area contributed by atoms with Crippen molar-refractivity contribution in [2.45, 2.75) is 58.8 Å². The Kier molecular flexibility index (Phi) is 3.66. The van der Waals surface area contributed by atoms with Crippen molar-refractivity contribution in [2.24, 2.45) is 11.3 Å². The van der Waals surface area contributed by atoms with Crippen LogP contribution in [0.15, 0.2) is 12.1 Å². The molecule has 2 atom stereocenters. The van der Waals surface area contributed by atoms with Crippen LogP contribution in [0.2, 0.25) is 0 Å². The average Bonchev–Trinajstić information content (AvgIpc) is 2.48. The summed E-state index contributed by atoms with van der Waals surface area (Å²) in [6, 6.07) is 3.83. The molecule has 2 aliphatic carbocycles. The van der Waals surface area contributed by atoms with Crippen LogP contribution < -0.4 is 0 Å². The molecule has 23 heavy (non-hydrogen) atoms. The number of ether oxygens (including phenoxy) is 1. The molecule has 0 heterocycles. The van der Waals surface area contributed by atoms with Gasteiger partial charge in [0.1, 0.15) is 0 Å². The largest absolute Gasteiger partial charge is 0.465 e. The van der Waals surface area contributed by atoms with Gasteiger partial charge in [-0.3, -0.25) is 4.79 Å². The maximum atomic E-state index is 12.8. The molecular formula is C20H26O3. The third-order valence-corrected chi connectivity index (χ3v) is 6.30. The highest BCUT2D eigenvalue weighted by atomic mass is 16.5. The Bertz CT molecular complexity index is 686. The van der Waals surface area contributed by atoms with Crippen molar-refractivity contribution in [3.63, 3.8) is 0 Å². The predicted molar refractivity (Wildman–Crippen MR) is 89.9 cm³/mol. The van der Waals surface area contributed by atoms with Gasteiger partial charge in [0.2, 0.25) is 0 Å². The number of esters is 1. The summed E-state index contributed by atoms with van der Waals surface area (Å²) in [5, 5.41) is 0. The number of rotatable bonds is 1. The molecule has 0 unspecified atom stereocenters. The molecule has 0 N–H and O–H groups in total. The molecule has 0 aliphatic heterocycles. The SMILES string of the molecule is COC(=O)c1cc2c(cc1C)[C@@]1(C)CCCC(C)(C)[C@@H]1CC2=O. The highest BCUT2D eigenvalue weighted by Crippen LogP contribution is 2.57. The Morgan fingerprint density at radius 3 is 2.57 bits per heavy atom. The molecule has 0 radical (unpaired) electrons. The zero-order chi connectivity index (χ0) is 17.0. The molecule has 0 bridgehead atoms. The zero-order valence-corrected chi connectivity index (χ0v) is 14.8. The molecule has 0 amide bonds. The van der Waals surface area contributed by atoms with Gasteiger partial charge in [-0.15, -0.1) is 0 Å². The fourth-order valence-corrected chi connectivity index (χ4v) is 4.98. The van der Waals surface area contributed by atoms with Crippen LogP contribution in [0.4, 0.5) is 0 Å². The molecule has 3 nitrogen and oxygen atoms in total. The van der Waals surface area contributed by atoms with E-state index in [4.69, 9.17) is 4.74 Å². The molecule has 3 heteroatoms. The maximum Gasteiger partial charge on any atom is 0.338 e. The molecule has 1 aromatic rings. The van der Waals surface area contributed by atoms with Gasteiger partial charge >= 0.3 is 5.97 Å². The van der Waals surface area contributed by atoms with Crippen LogP contribution in [0, 0.1) is 18.3 Å². The third-order valence-electron chi connectivity index (χ3n) is 6.30. The quantitative estimate of drug-likeness (QED) is 0.719. The molecule has 1 fully saturated rings. The lowest BCUT2D eigenvalue weighted by atomic mass is 9.50. The smallest absolute Gasteiger partial charge is 0.338 e. The number of carbonyl (C=O) groups is 2. The summed E-state index contributed by atoms with van der Waals surface area (Å²) in [4.78, 5) is 24.8. The first kappa shape index (κ1) is 16.2. The number of hydrogen-bond donors (Lipinski definition) is 0. The minimum Gasteiger partial charge on any atom is -0.465 e.